The van der Waals surface area contributed by atoms with Crippen molar-refractivity contribution in [2.45, 2.75) is 25.2 Å². The zero-order chi connectivity index (χ0) is 8.23. The molecular weight excluding hydrogens is 146 g/mol. The molecule has 0 N–H and O–H groups in total. The molecule has 1 aliphatic rings. The molecule has 12 heavy (non-hydrogen) atoms. The van der Waals surface area contributed by atoms with Crippen LogP contribution in [0.15, 0.2) is 36.7 Å². The molecule has 1 aliphatic carbocycles. The predicted molar refractivity (Wildman–Crippen MR) is 50.0 cm³/mol. The van der Waals surface area contributed by atoms with E-state index in [2.05, 4.69) is 29.3 Å². The second-order valence-electron chi connectivity index (χ2n) is 3.26. The Bertz CT molecular complexity index is 264. The number of aromatic nitrogens is 1. The van der Waals surface area contributed by atoms with Crippen LogP contribution in [0.25, 0.3) is 0 Å². The molecule has 1 heterocycles. The number of allylic oxidation sites excluding steroid dienone is 2. The fourth-order valence-electron chi connectivity index (χ4n) is 1.73. The van der Waals surface area contributed by atoms with Gasteiger partial charge < -0.3 is 0 Å². The molecule has 0 fully saturated rings. The third-order valence-electron chi connectivity index (χ3n) is 2.45. The van der Waals surface area contributed by atoms with Gasteiger partial charge in [0.25, 0.3) is 0 Å². The quantitative estimate of drug-likeness (QED) is 0.574. The molecule has 1 atom stereocenters. The Morgan fingerprint density at radius 3 is 2.67 bits per heavy atom. The highest BCUT2D eigenvalue weighted by Gasteiger charge is 2.10. The molecule has 0 bridgehead atoms. The van der Waals surface area contributed by atoms with Gasteiger partial charge in [0.05, 0.1) is 0 Å². The Labute approximate surface area is 73.1 Å². The van der Waals surface area contributed by atoms with Crippen LogP contribution in [-0.4, -0.2) is 4.98 Å². The third-order valence-corrected chi connectivity index (χ3v) is 2.45. The highest BCUT2D eigenvalue weighted by molar-refractivity contribution is 5.18. The fourth-order valence-corrected chi connectivity index (χ4v) is 1.73. The van der Waals surface area contributed by atoms with Crippen molar-refractivity contribution in [1.29, 1.82) is 0 Å². The molecule has 2 rings (SSSR count). The van der Waals surface area contributed by atoms with Crippen molar-refractivity contribution < 1.29 is 0 Å². The van der Waals surface area contributed by atoms with Crippen LogP contribution >= 0.6 is 0 Å². The van der Waals surface area contributed by atoms with Gasteiger partial charge in [-0.2, -0.15) is 0 Å². The molecule has 1 heteroatoms. The molecule has 0 saturated heterocycles. The molecule has 0 aliphatic heterocycles. The molecule has 0 aromatic carbocycles. The SMILES string of the molecule is C1=CCC(c2ccncc2)CC1. The highest BCUT2D eigenvalue weighted by Crippen LogP contribution is 2.28. The summed E-state index contributed by atoms with van der Waals surface area (Å²) in [5.74, 6) is 0.734. The Morgan fingerprint density at radius 2 is 2.00 bits per heavy atom. The number of hydrogen-bond donors (Lipinski definition) is 0. The first-order valence-corrected chi connectivity index (χ1v) is 4.52. The lowest BCUT2D eigenvalue weighted by molar-refractivity contribution is 0.616. The third kappa shape index (κ3) is 1.55. The van der Waals surface area contributed by atoms with E-state index in [1.807, 2.05) is 12.4 Å². The molecule has 0 saturated carbocycles. The molecule has 1 unspecified atom stereocenters. The van der Waals surface area contributed by atoms with Gasteiger partial charge in [0.15, 0.2) is 0 Å². The minimum absolute atomic E-state index is 0.734. The average Bonchev–Trinajstić information content (AvgIpc) is 2.21. The predicted octanol–water partition coefficient (Wildman–Crippen LogP) is 2.91. The van der Waals surface area contributed by atoms with Crippen molar-refractivity contribution in [2.24, 2.45) is 0 Å². The lowest BCUT2D eigenvalue weighted by Gasteiger charge is -2.17. The Kier molecular flexibility index (Phi) is 2.21. The summed E-state index contributed by atoms with van der Waals surface area (Å²) in [5, 5.41) is 0. The zero-order valence-electron chi connectivity index (χ0n) is 7.11. The van der Waals surface area contributed by atoms with Crippen LogP contribution in [0.2, 0.25) is 0 Å². The average molecular weight is 159 g/mol. The number of rotatable bonds is 1. The minimum atomic E-state index is 0.734. The first-order valence-electron chi connectivity index (χ1n) is 4.52. The number of hydrogen-bond acceptors (Lipinski definition) is 1. The topological polar surface area (TPSA) is 12.9 Å². The van der Waals surface area contributed by atoms with Crippen LogP contribution in [0.1, 0.15) is 30.7 Å². The van der Waals surface area contributed by atoms with Crippen LogP contribution in [0.5, 0.6) is 0 Å². The summed E-state index contributed by atoms with van der Waals surface area (Å²) >= 11 is 0. The number of pyridine rings is 1. The number of nitrogens with zero attached hydrogens (tertiary/aromatic N) is 1. The first-order chi connectivity index (χ1) is 5.97. The van der Waals surface area contributed by atoms with Gasteiger partial charge in [-0.1, -0.05) is 12.2 Å². The van der Waals surface area contributed by atoms with Crippen LogP contribution < -0.4 is 0 Å². The van der Waals surface area contributed by atoms with Crippen molar-refractivity contribution in [2.75, 3.05) is 0 Å². The Hall–Kier alpha value is -1.11. The van der Waals surface area contributed by atoms with E-state index in [9.17, 15) is 0 Å². The normalized spacial score (nSPS) is 22.5. The van der Waals surface area contributed by atoms with Crippen molar-refractivity contribution >= 4 is 0 Å². The summed E-state index contributed by atoms with van der Waals surface area (Å²) < 4.78 is 0. The van der Waals surface area contributed by atoms with E-state index >= 15 is 0 Å². The lowest BCUT2D eigenvalue weighted by Crippen LogP contribution is -2.00. The summed E-state index contributed by atoms with van der Waals surface area (Å²) in [5.41, 5.74) is 1.44. The van der Waals surface area contributed by atoms with E-state index in [1.54, 1.807) is 0 Å². The first kappa shape index (κ1) is 7.53. The summed E-state index contributed by atoms with van der Waals surface area (Å²) in [7, 11) is 0. The van der Waals surface area contributed by atoms with Gasteiger partial charge in [-0.15, -0.1) is 0 Å². The van der Waals surface area contributed by atoms with Gasteiger partial charge >= 0.3 is 0 Å². The Morgan fingerprint density at radius 1 is 1.17 bits per heavy atom. The molecule has 0 radical (unpaired) electrons. The monoisotopic (exact) mass is 159 g/mol. The largest absolute Gasteiger partial charge is 0.265 e. The van der Waals surface area contributed by atoms with Crippen molar-refractivity contribution in [3.05, 3.63) is 42.2 Å². The second-order valence-corrected chi connectivity index (χ2v) is 3.26. The van der Waals surface area contributed by atoms with E-state index in [1.165, 1.54) is 24.8 Å². The van der Waals surface area contributed by atoms with E-state index in [0.29, 0.717) is 0 Å². The molecular formula is C11H13N. The Balaban J connectivity index is 2.15. The van der Waals surface area contributed by atoms with Crippen LogP contribution in [-0.2, 0) is 0 Å². The van der Waals surface area contributed by atoms with Crippen molar-refractivity contribution in [3.8, 4) is 0 Å². The zero-order valence-corrected chi connectivity index (χ0v) is 7.11. The molecule has 1 aromatic heterocycles. The van der Waals surface area contributed by atoms with Crippen LogP contribution in [0.3, 0.4) is 0 Å². The molecule has 1 aromatic rings. The van der Waals surface area contributed by atoms with Crippen LogP contribution in [0.4, 0.5) is 0 Å². The minimum Gasteiger partial charge on any atom is -0.265 e. The summed E-state index contributed by atoms with van der Waals surface area (Å²) in [6, 6.07) is 4.26. The molecule has 1 nitrogen and oxygen atoms in total. The van der Waals surface area contributed by atoms with E-state index in [0.717, 1.165) is 5.92 Å². The van der Waals surface area contributed by atoms with E-state index in [-0.39, 0.29) is 0 Å². The van der Waals surface area contributed by atoms with Gasteiger partial charge in [0, 0.05) is 12.4 Å². The van der Waals surface area contributed by atoms with Crippen LogP contribution in [0, 0.1) is 0 Å². The smallest absolute Gasteiger partial charge is 0.0270 e. The van der Waals surface area contributed by atoms with Gasteiger partial charge in [-0.3, -0.25) is 4.98 Å². The molecule has 0 spiro atoms. The maximum Gasteiger partial charge on any atom is 0.0270 e. The standard InChI is InChI=1S/C11H13N/c1-2-4-10(5-3-1)11-6-8-12-9-7-11/h1-2,6-10H,3-5H2. The van der Waals surface area contributed by atoms with Gasteiger partial charge in [0.2, 0.25) is 0 Å². The second kappa shape index (κ2) is 3.53. The maximum atomic E-state index is 4.02. The lowest BCUT2D eigenvalue weighted by atomic mass is 9.88. The summed E-state index contributed by atoms with van der Waals surface area (Å²) in [4.78, 5) is 4.02. The fraction of sp³-hybridized carbons (Fsp3) is 0.364. The summed E-state index contributed by atoms with van der Waals surface area (Å²) in [6.45, 7) is 0. The van der Waals surface area contributed by atoms with E-state index in [4.69, 9.17) is 0 Å². The molecule has 62 valence electrons. The van der Waals surface area contributed by atoms with Crippen molar-refractivity contribution in [1.82, 2.24) is 4.98 Å². The summed E-state index contributed by atoms with van der Waals surface area (Å²) in [6.07, 6.45) is 12.0. The van der Waals surface area contributed by atoms with E-state index < -0.39 is 0 Å². The van der Waals surface area contributed by atoms with Gasteiger partial charge in [-0.25, -0.2) is 0 Å². The van der Waals surface area contributed by atoms with Gasteiger partial charge in [0.1, 0.15) is 0 Å². The molecule has 0 amide bonds. The highest BCUT2D eigenvalue weighted by atomic mass is 14.6. The van der Waals surface area contributed by atoms with Gasteiger partial charge in [-0.05, 0) is 42.9 Å². The van der Waals surface area contributed by atoms with Crippen molar-refractivity contribution in [3.63, 3.8) is 0 Å². The maximum absolute atomic E-state index is 4.02.